The smallest absolute Gasteiger partial charge is 0.243 e. The molecule has 1 rings (SSSR count). The Kier molecular flexibility index (Phi) is 8.40. The molecule has 9 N–H and O–H groups in total. The van der Waals surface area contributed by atoms with Gasteiger partial charge in [0, 0.05) is 12.1 Å². The Hall–Kier alpha value is -2.94. The molecule has 0 aliphatic carbocycles. The second-order valence-corrected chi connectivity index (χ2v) is 6.47. The van der Waals surface area contributed by atoms with Gasteiger partial charge in [0.2, 0.25) is 17.7 Å². The Morgan fingerprint density at radius 1 is 1.11 bits per heavy atom. The summed E-state index contributed by atoms with van der Waals surface area (Å²) in [4.78, 5) is 35.9. The molecule has 0 aliphatic rings. The molecule has 1 aromatic carbocycles. The van der Waals surface area contributed by atoms with E-state index in [1.54, 1.807) is 24.3 Å². The van der Waals surface area contributed by atoms with Crippen molar-refractivity contribution in [1.82, 2.24) is 10.6 Å². The first-order valence-electron chi connectivity index (χ1n) is 8.71. The first-order valence-corrected chi connectivity index (χ1v) is 8.71. The number of hydrogen-bond donors (Lipinski definition) is 6. The van der Waals surface area contributed by atoms with Crippen LogP contribution in [0.3, 0.4) is 0 Å². The lowest BCUT2D eigenvalue weighted by Gasteiger charge is -2.22. The molecular weight excluding hydrogens is 348 g/mol. The van der Waals surface area contributed by atoms with Crippen molar-refractivity contribution in [2.45, 2.75) is 45.3 Å². The lowest BCUT2D eigenvalue weighted by Crippen LogP contribution is -2.54. The third kappa shape index (κ3) is 7.06. The molecule has 0 aliphatic heterocycles. The fourth-order valence-electron chi connectivity index (χ4n) is 2.31. The number of nitrogen functional groups attached to an aromatic ring is 1. The van der Waals surface area contributed by atoms with E-state index in [2.05, 4.69) is 10.6 Å². The van der Waals surface area contributed by atoms with Crippen molar-refractivity contribution in [3.63, 3.8) is 0 Å². The summed E-state index contributed by atoms with van der Waals surface area (Å²) in [6, 6.07) is 4.89. The van der Waals surface area contributed by atoms with Crippen LogP contribution in [-0.4, -0.2) is 35.6 Å². The van der Waals surface area contributed by atoms with Crippen LogP contribution >= 0.6 is 0 Å². The number of nitrogens with two attached hydrogens (primary N) is 3. The molecule has 0 saturated carbocycles. The lowest BCUT2D eigenvalue weighted by atomic mass is 9.99. The van der Waals surface area contributed by atoms with E-state index in [1.165, 1.54) is 0 Å². The average Bonchev–Trinajstić information content (AvgIpc) is 2.63. The summed E-state index contributed by atoms with van der Waals surface area (Å²) in [5.41, 5.74) is 17.8. The van der Waals surface area contributed by atoms with Crippen LogP contribution in [0.1, 0.15) is 37.8 Å². The zero-order valence-corrected chi connectivity index (χ0v) is 15.6. The van der Waals surface area contributed by atoms with Gasteiger partial charge >= 0.3 is 0 Å². The average molecular weight is 376 g/mol. The van der Waals surface area contributed by atoms with E-state index in [1.807, 2.05) is 13.8 Å². The minimum absolute atomic E-state index is 0.0486. The molecule has 0 radical (unpaired) electrons. The van der Waals surface area contributed by atoms with Gasteiger partial charge in [-0.05, 0) is 11.5 Å². The first-order chi connectivity index (χ1) is 12.6. The topological polar surface area (TPSA) is 177 Å². The van der Waals surface area contributed by atoms with Gasteiger partial charge in [0.15, 0.2) is 0 Å². The largest absolute Gasteiger partial charge is 0.384 e. The van der Waals surface area contributed by atoms with E-state index in [4.69, 9.17) is 22.6 Å². The van der Waals surface area contributed by atoms with Gasteiger partial charge in [-0.1, -0.05) is 44.5 Å². The van der Waals surface area contributed by atoms with Gasteiger partial charge in [-0.15, -0.1) is 0 Å². The summed E-state index contributed by atoms with van der Waals surface area (Å²) in [7, 11) is 0. The van der Waals surface area contributed by atoms with Crippen LogP contribution in [0.2, 0.25) is 0 Å². The van der Waals surface area contributed by atoms with E-state index in [0.717, 1.165) is 5.56 Å². The third-order valence-corrected chi connectivity index (χ3v) is 4.33. The Bertz CT molecular complexity index is 689. The lowest BCUT2D eigenvalue weighted by molar-refractivity contribution is -0.132. The molecule has 1 aromatic rings. The monoisotopic (exact) mass is 376 g/mol. The molecule has 0 fully saturated rings. The van der Waals surface area contributed by atoms with E-state index in [9.17, 15) is 14.4 Å². The summed E-state index contributed by atoms with van der Waals surface area (Å²) in [5, 5.41) is 12.5. The van der Waals surface area contributed by atoms with Gasteiger partial charge in [0.05, 0.1) is 12.5 Å². The Labute approximate surface area is 158 Å². The Balaban J connectivity index is 2.72. The van der Waals surface area contributed by atoms with Crippen LogP contribution in [0.4, 0.5) is 0 Å². The highest BCUT2D eigenvalue weighted by atomic mass is 16.2. The minimum Gasteiger partial charge on any atom is -0.384 e. The molecule has 0 saturated heterocycles. The molecule has 9 nitrogen and oxygen atoms in total. The summed E-state index contributed by atoms with van der Waals surface area (Å²) in [6.45, 7) is 3.92. The zero-order valence-electron chi connectivity index (χ0n) is 15.6. The number of rotatable bonds is 10. The van der Waals surface area contributed by atoms with Crippen LogP contribution < -0.4 is 27.8 Å². The molecule has 3 atom stereocenters. The summed E-state index contributed by atoms with van der Waals surface area (Å²) in [6.07, 6.45) is 0.381. The van der Waals surface area contributed by atoms with Crippen LogP contribution in [-0.2, 0) is 20.9 Å². The number of benzene rings is 1. The SMILES string of the molecule is CCC(C)C(N)C(=O)NC(CC(N)=O)C(=O)NCc1ccc(C(=N)N)cc1. The van der Waals surface area contributed by atoms with E-state index in [0.29, 0.717) is 12.0 Å². The number of hydrogen-bond acceptors (Lipinski definition) is 5. The fourth-order valence-corrected chi connectivity index (χ4v) is 2.31. The van der Waals surface area contributed by atoms with Crippen molar-refractivity contribution in [3.8, 4) is 0 Å². The van der Waals surface area contributed by atoms with Gasteiger partial charge in [0.1, 0.15) is 11.9 Å². The van der Waals surface area contributed by atoms with Crippen molar-refractivity contribution >= 4 is 23.6 Å². The number of carbonyl (C=O) groups is 3. The Morgan fingerprint density at radius 2 is 1.70 bits per heavy atom. The van der Waals surface area contributed by atoms with Crippen molar-refractivity contribution in [3.05, 3.63) is 35.4 Å². The molecule has 0 bridgehead atoms. The van der Waals surface area contributed by atoms with E-state index < -0.39 is 29.8 Å². The molecule has 148 valence electrons. The number of amides is 3. The van der Waals surface area contributed by atoms with E-state index >= 15 is 0 Å². The van der Waals surface area contributed by atoms with Crippen molar-refractivity contribution in [1.29, 1.82) is 5.41 Å². The second-order valence-electron chi connectivity index (χ2n) is 6.47. The summed E-state index contributed by atoms with van der Waals surface area (Å²) < 4.78 is 0. The minimum atomic E-state index is -1.10. The van der Waals surface area contributed by atoms with Gasteiger partial charge in [-0.25, -0.2) is 0 Å². The molecule has 27 heavy (non-hydrogen) atoms. The molecule has 0 aromatic heterocycles. The summed E-state index contributed by atoms with van der Waals surface area (Å²) in [5.74, 6) is -1.86. The van der Waals surface area contributed by atoms with Crippen LogP contribution in [0.25, 0.3) is 0 Å². The van der Waals surface area contributed by atoms with Gasteiger partial charge in [-0.3, -0.25) is 19.8 Å². The maximum atomic E-state index is 12.4. The standard InChI is InChI=1S/C18H28N6O3/c1-3-10(2)15(20)18(27)24-13(8-14(19)25)17(26)23-9-11-4-6-12(7-5-11)16(21)22/h4-7,10,13,15H,3,8-9,20H2,1-2H3,(H2,19,25)(H3,21,22)(H,23,26)(H,24,27). The Morgan fingerprint density at radius 3 is 2.19 bits per heavy atom. The molecule has 3 amide bonds. The molecular formula is C18H28N6O3. The van der Waals surface area contributed by atoms with Gasteiger partial charge < -0.3 is 27.8 Å². The highest BCUT2D eigenvalue weighted by Gasteiger charge is 2.27. The predicted octanol–water partition coefficient (Wildman–Crippen LogP) is -0.680. The second kappa shape index (κ2) is 10.3. The fraction of sp³-hybridized carbons (Fsp3) is 0.444. The van der Waals surface area contributed by atoms with Crippen molar-refractivity contribution < 1.29 is 14.4 Å². The number of carbonyl (C=O) groups excluding carboxylic acids is 3. The van der Waals surface area contributed by atoms with Crippen LogP contribution in [0, 0.1) is 11.3 Å². The quantitative estimate of drug-likeness (QED) is 0.234. The highest BCUT2D eigenvalue weighted by Crippen LogP contribution is 2.07. The maximum absolute atomic E-state index is 12.4. The zero-order chi connectivity index (χ0) is 20.6. The molecule has 0 spiro atoms. The third-order valence-electron chi connectivity index (χ3n) is 4.33. The highest BCUT2D eigenvalue weighted by molar-refractivity contribution is 5.95. The summed E-state index contributed by atoms with van der Waals surface area (Å²) >= 11 is 0. The van der Waals surface area contributed by atoms with Crippen molar-refractivity contribution in [2.24, 2.45) is 23.1 Å². The first kappa shape index (κ1) is 22.1. The van der Waals surface area contributed by atoms with Crippen LogP contribution in [0.5, 0.6) is 0 Å². The molecule has 9 heteroatoms. The van der Waals surface area contributed by atoms with Crippen molar-refractivity contribution in [2.75, 3.05) is 0 Å². The number of primary amides is 1. The normalized spacial score (nSPS) is 13.9. The van der Waals surface area contributed by atoms with E-state index in [-0.39, 0.29) is 24.7 Å². The van der Waals surface area contributed by atoms with Gasteiger partial charge in [-0.2, -0.15) is 0 Å². The predicted molar refractivity (Wildman–Crippen MR) is 102 cm³/mol. The number of amidine groups is 1. The number of nitrogens with one attached hydrogen (secondary N) is 3. The van der Waals surface area contributed by atoms with Gasteiger partial charge in [0.25, 0.3) is 0 Å². The van der Waals surface area contributed by atoms with Crippen LogP contribution in [0.15, 0.2) is 24.3 Å². The molecule has 3 unspecified atom stereocenters. The maximum Gasteiger partial charge on any atom is 0.243 e. The molecule has 0 heterocycles.